The van der Waals surface area contributed by atoms with Crippen molar-refractivity contribution in [1.29, 1.82) is 0 Å². The standard InChI is InChI=1S/C21H25N3O2/c1-14(2)24(17-8-6-5-7-9-17)21(26)12-23-19-11-16(4)15(3)10-18(19)22-20(23)13-25/h5-11,14,25H,12-13H2,1-4H3. The van der Waals surface area contributed by atoms with E-state index in [1.165, 1.54) is 0 Å². The van der Waals surface area contributed by atoms with Crippen LogP contribution in [-0.4, -0.2) is 26.6 Å². The Balaban J connectivity index is 2.01. The molecule has 0 saturated carbocycles. The second-order valence-electron chi connectivity index (χ2n) is 6.89. The van der Waals surface area contributed by atoms with Gasteiger partial charge in [0, 0.05) is 11.7 Å². The third-order valence-corrected chi connectivity index (χ3v) is 4.70. The lowest BCUT2D eigenvalue weighted by Crippen LogP contribution is -2.39. The minimum absolute atomic E-state index is 0.0289. The summed E-state index contributed by atoms with van der Waals surface area (Å²) >= 11 is 0. The molecular weight excluding hydrogens is 326 g/mol. The number of aliphatic hydroxyl groups is 1. The summed E-state index contributed by atoms with van der Waals surface area (Å²) in [6.45, 7) is 8.01. The van der Waals surface area contributed by atoms with E-state index in [-0.39, 0.29) is 25.1 Å². The number of carbonyl (C=O) groups is 1. The largest absolute Gasteiger partial charge is 0.388 e. The van der Waals surface area contributed by atoms with Crippen molar-refractivity contribution in [2.24, 2.45) is 0 Å². The summed E-state index contributed by atoms with van der Waals surface area (Å²) in [4.78, 5) is 19.4. The molecule has 3 rings (SSSR count). The van der Waals surface area contributed by atoms with Gasteiger partial charge in [-0.05, 0) is 63.1 Å². The average molecular weight is 351 g/mol. The van der Waals surface area contributed by atoms with Crippen molar-refractivity contribution in [3.05, 3.63) is 59.4 Å². The van der Waals surface area contributed by atoms with Crippen LogP contribution in [0, 0.1) is 13.8 Å². The quantitative estimate of drug-likeness (QED) is 0.764. The summed E-state index contributed by atoms with van der Waals surface area (Å²) in [5, 5.41) is 9.73. The molecule has 3 aromatic rings. The number of rotatable bonds is 5. The first-order valence-corrected chi connectivity index (χ1v) is 8.86. The predicted octanol–water partition coefficient (Wildman–Crippen LogP) is 3.59. The number of hydrogen-bond acceptors (Lipinski definition) is 3. The normalized spacial score (nSPS) is 11.3. The van der Waals surface area contributed by atoms with Crippen LogP contribution in [0.5, 0.6) is 0 Å². The maximum Gasteiger partial charge on any atom is 0.247 e. The van der Waals surface area contributed by atoms with Crippen molar-refractivity contribution in [3.63, 3.8) is 0 Å². The lowest BCUT2D eigenvalue weighted by atomic mass is 10.1. The minimum atomic E-state index is -0.201. The van der Waals surface area contributed by atoms with Crippen molar-refractivity contribution >= 4 is 22.6 Å². The van der Waals surface area contributed by atoms with Crippen molar-refractivity contribution in [3.8, 4) is 0 Å². The molecule has 0 aliphatic rings. The zero-order valence-electron chi connectivity index (χ0n) is 15.7. The molecule has 1 heterocycles. The van der Waals surface area contributed by atoms with Gasteiger partial charge in [0.15, 0.2) is 0 Å². The van der Waals surface area contributed by atoms with E-state index in [1.54, 1.807) is 4.90 Å². The second-order valence-corrected chi connectivity index (χ2v) is 6.89. The van der Waals surface area contributed by atoms with E-state index < -0.39 is 0 Å². The third kappa shape index (κ3) is 3.35. The number of fused-ring (bicyclic) bond motifs is 1. The highest BCUT2D eigenvalue weighted by molar-refractivity contribution is 5.94. The molecule has 0 atom stereocenters. The van der Waals surface area contributed by atoms with E-state index in [4.69, 9.17) is 0 Å². The molecule has 1 N–H and O–H groups in total. The van der Waals surface area contributed by atoms with Gasteiger partial charge >= 0.3 is 0 Å². The summed E-state index contributed by atoms with van der Waals surface area (Å²) in [5.74, 6) is 0.480. The van der Waals surface area contributed by atoms with Gasteiger partial charge in [-0.25, -0.2) is 4.98 Å². The SMILES string of the molecule is Cc1cc2nc(CO)n(CC(=O)N(c3ccccc3)C(C)C)c2cc1C. The molecule has 1 amide bonds. The van der Waals surface area contributed by atoms with Gasteiger partial charge in [-0.15, -0.1) is 0 Å². The van der Waals surface area contributed by atoms with Gasteiger partial charge in [0.25, 0.3) is 0 Å². The smallest absolute Gasteiger partial charge is 0.247 e. The first-order valence-electron chi connectivity index (χ1n) is 8.86. The van der Waals surface area contributed by atoms with Crippen LogP contribution in [0.15, 0.2) is 42.5 Å². The fourth-order valence-electron chi connectivity index (χ4n) is 3.26. The van der Waals surface area contributed by atoms with Crippen molar-refractivity contribution in [2.75, 3.05) is 4.90 Å². The summed E-state index contributed by atoms with van der Waals surface area (Å²) < 4.78 is 1.82. The highest BCUT2D eigenvalue weighted by Crippen LogP contribution is 2.23. The lowest BCUT2D eigenvalue weighted by Gasteiger charge is -2.27. The number of amides is 1. The van der Waals surface area contributed by atoms with Crippen molar-refractivity contribution < 1.29 is 9.90 Å². The number of hydrogen-bond donors (Lipinski definition) is 1. The van der Waals surface area contributed by atoms with E-state index >= 15 is 0 Å². The van der Waals surface area contributed by atoms with Gasteiger partial charge in [-0.1, -0.05) is 18.2 Å². The number of aromatic nitrogens is 2. The number of anilines is 1. The number of benzene rings is 2. The molecule has 1 aromatic heterocycles. The number of carbonyl (C=O) groups excluding carboxylic acids is 1. The second kappa shape index (κ2) is 7.30. The van der Waals surface area contributed by atoms with E-state index in [0.717, 1.165) is 27.8 Å². The van der Waals surface area contributed by atoms with Crippen LogP contribution in [0.2, 0.25) is 0 Å². The Hall–Kier alpha value is -2.66. The van der Waals surface area contributed by atoms with Crippen molar-refractivity contribution in [1.82, 2.24) is 9.55 Å². The zero-order chi connectivity index (χ0) is 18.8. The van der Waals surface area contributed by atoms with Crippen LogP contribution in [0.1, 0.15) is 30.8 Å². The fraction of sp³-hybridized carbons (Fsp3) is 0.333. The van der Waals surface area contributed by atoms with Crippen LogP contribution in [0.25, 0.3) is 11.0 Å². The molecule has 0 saturated heterocycles. The Kier molecular flexibility index (Phi) is 5.09. The van der Waals surface area contributed by atoms with Gasteiger partial charge in [-0.2, -0.15) is 0 Å². The Morgan fingerprint density at radius 2 is 1.81 bits per heavy atom. The van der Waals surface area contributed by atoms with E-state index in [0.29, 0.717) is 5.82 Å². The lowest BCUT2D eigenvalue weighted by molar-refractivity contribution is -0.119. The number of para-hydroxylation sites is 1. The Morgan fingerprint density at radius 1 is 1.15 bits per heavy atom. The molecular formula is C21H25N3O2. The molecule has 0 aliphatic carbocycles. The van der Waals surface area contributed by atoms with Gasteiger partial charge in [-0.3, -0.25) is 4.79 Å². The van der Waals surface area contributed by atoms with Crippen LogP contribution in [-0.2, 0) is 17.9 Å². The first-order chi connectivity index (χ1) is 12.4. The molecule has 0 fully saturated rings. The minimum Gasteiger partial charge on any atom is -0.388 e. The molecule has 0 aliphatic heterocycles. The molecule has 0 spiro atoms. The Bertz CT molecular complexity index is 929. The summed E-state index contributed by atoms with van der Waals surface area (Å²) in [6, 6.07) is 13.7. The molecule has 0 bridgehead atoms. The van der Waals surface area contributed by atoms with Crippen molar-refractivity contribution in [2.45, 2.75) is 46.9 Å². The molecule has 0 radical (unpaired) electrons. The first kappa shape index (κ1) is 18.1. The molecule has 136 valence electrons. The molecule has 5 heteroatoms. The van der Waals surface area contributed by atoms with Crippen LogP contribution >= 0.6 is 0 Å². The molecule has 26 heavy (non-hydrogen) atoms. The van der Waals surface area contributed by atoms with Gasteiger partial charge in [0.1, 0.15) is 19.0 Å². The highest BCUT2D eigenvalue weighted by atomic mass is 16.3. The predicted molar refractivity (Wildman–Crippen MR) is 104 cm³/mol. The van der Waals surface area contributed by atoms with E-state index in [2.05, 4.69) is 4.98 Å². The summed E-state index contributed by atoms with van der Waals surface area (Å²) in [5.41, 5.74) is 4.84. The average Bonchev–Trinajstić information content (AvgIpc) is 2.93. The van der Waals surface area contributed by atoms with Crippen LogP contribution in [0.4, 0.5) is 5.69 Å². The third-order valence-electron chi connectivity index (χ3n) is 4.70. The number of aryl methyl sites for hydroxylation is 2. The molecule has 2 aromatic carbocycles. The maximum atomic E-state index is 13.1. The number of nitrogens with zero attached hydrogens (tertiary/aromatic N) is 3. The van der Waals surface area contributed by atoms with Gasteiger partial charge in [0.2, 0.25) is 5.91 Å². The number of aliphatic hydroxyl groups excluding tert-OH is 1. The molecule has 5 nitrogen and oxygen atoms in total. The number of imidazole rings is 1. The Labute approximate surface area is 153 Å². The van der Waals surface area contributed by atoms with Gasteiger partial charge in [0.05, 0.1) is 11.0 Å². The summed E-state index contributed by atoms with van der Waals surface area (Å²) in [6.07, 6.45) is 0. The van der Waals surface area contributed by atoms with Crippen LogP contribution in [0.3, 0.4) is 0 Å². The highest BCUT2D eigenvalue weighted by Gasteiger charge is 2.22. The topological polar surface area (TPSA) is 58.4 Å². The van der Waals surface area contributed by atoms with E-state index in [9.17, 15) is 9.90 Å². The monoisotopic (exact) mass is 351 g/mol. The maximum absolute atomic E-state index is 13.1. The van der Waals surface area contributed by atoms with Crippen LogP contribution < -0.4 is 4.90 Å². The van der Waals surface area contributed by atoms with Gasteiger partial charge < -0.3 is 14.6 Å². The molecule has 0 unspecified atom stereocenters. The van der Waals surface area contributed by atoms with E-state index in [1.807, 2.05) is 74.7 Å². The Morgan fingerprint density at radius 3 is 2.42 bits per heavy atom. The zero-order valence-corrected chi connectivity index (χ0v) is 15.7. The summed E-state index contributed by atoms with van der Waals surface area (Å²) in [7, 11) is 0. The fourth-order valence-corrected chi connectivity index (χ4v) is 3.26.